The van der Waals surface area contributed by atoms with Crippen LogP contribution in [-0.2, 0) is 6.61 Å². The van der Waals surface area contributed by atoms with Gasteiger partial charge < -0.3 is 9.84 Å². The van der Waals surface area contributed by atoms with E-state index in [1.807, 2.05) is 6.92 Å². The number of aliphatic hydroxyl groups excluding tert-OH is 1. The number of hydrogen-bond donors (Lipinski definition) is 1. The number of hydrogen-bond acceptors (Lipinski definition) is 2. The summed E-state index contributed by atoms with van der Waals surface area (Å²) in [7, 11) is 0. The third kappa shape index (κ3) is 3.33. The normalized spacial score (nSPS) is 12.2. The van der Waals surface area contributed by atoms with Gasteiger partial charge in [-0.25, -0.2) is 8.78 Å². The first-order valence-electron chi connectivity index (χ1n) is 6.32. The Morgan fingerprint density at radius 3 is 2.55 bits per heavy atom. The molecule has 0 fully saturated rings. The van der Waals surface area contributed by atoms with E-state index in [1.54, 1.807) is 12.1 Å². The number of ether oxygens (including phenoxy) is 1. The van der Waals surface area contributed by atoms with E-state index < -0.39 is 11.9 Å². The zero-order chi connectivity index (χ0) is 14.7. The second-order valence-corrected chi connectivity index (χ2v) is 4.72. The fraction of sp³-hybridized carbons (Fsp3) is 0.250. The zero-order valence-electron chi connectivity index (χ0n) is 11.4. The highest BCUT2D eigenvalue weighted by Gasteiger charge is 2.09. The molecule has 4 heteroatoms. The number of rotatable bonds is 4. The van der Waals surface area contributed by atoms with Gasteiger partial charge >= 0.3 is 0 Å². The zero-order valence-corrected chi connectivity index (χ0v) is 11.4. The molecule has 0 aliphatic carbocycles. The molecule has 0 amide bonds. The topological polar surface area (TPSA) is 29.5 Å². The van der Waals surface area contributed by atoms with Crippen molar-refractivity contribution in [3.8, 4) is 5.75 Å². The van der Waals surface area contributed by atoms with Gasteiger partial charge in [-0.1, -0.05) is 6.07 Å². The Morgan fingerprint density at radius 1 is 1.15 bits per heavy atom. The molecule has 1 unspecified atom stereocenters. The molecule has 0 radical (unpaired) electrons. The molecule has 1 atom stereocenters. The van der Waals surface area contributed by atoms with Gasteiger partial charge in [-0.15, -0.1) is 0 Å². The lowest BCUT2D eigenvalue weighted by Gasteiger charge is -2.11. The minimum atomic E-state index is -0.866. The molecule has 0 bridgehead atoms. The van der Waals surface area contributed by atoms with E-state index in [4.69, 9.17) is 4.74 Å². The van der Waals surface area contributed by atoms with Gasteiger partial charge in [-0.05, 0) is 49.2 Å². The predicted molar refractivity (Wildman–Crippen MR) is 72.5 cm³/mol. The molecule has 0 heterocycles. The summed E-state index contributed by atoms with van der Waals surface area (Å²) in [6.45, 7) is 3.52. The SMILES string of the molecule is Cc1ccc(F)cc1COc1ccc(C(C)O)c(F)c1. The lowest BCUT2D eigenvalue weighted by Crippen LogP contribution is -2.01. The molecule has 0 saturated carbocycles. The summed E-state index contributed by atoms with van der Waals surface area (Å²) in [6.07, 6.45) is -0.866. The van der Waals surface area contributed by atoms with E-state index in [-0.39, 0.29) is 18.0 Å². The van der Waals surface area contributed by atoms with Crippen molar-refractivity contribution in [2.24, 2.45) is 0 Å². The van der Waals surface area contributed by atoms with Crippen molar-refractivity contribution in [1.82, 2.24) is 0 Å². The number of aliphatic hydroxyl groups is 1. The first kappa shape index (κ1) is 14.5. The smallest absolute Gasteiger partial charge is 0.132 e. The quantitative estimate of drug-likeness (QED) is 0.919. The summed E-state index contributed by atoms with van der Waals surface area (Å²) in [4.78, 5) is 0. The molecular formula is C16H16F2O2. The van der Waals surface area contributed by atoms with E-state index in [1.165, 1.54) is 31.2 Å². The van der Waals surface area contributed by atoms with Crippen LogP contribution in [0, 0.1) is 18.6 Å². The average molecular weight is 278 g/mol. The van der Waals surface area contributed by atoms with Gasteiger partial charge in [0.2, 0.25) is 0 Å². The van der Waals surface area contributed by atoms with Gasteiger partial charge in [-0.3, -0.25) is 0 Å². The van der Waals surface area contributed by atoms with Gasteiger partial charge in [0.1, 0.15) is 24.0 Å². The van der Waals surface area contributed by atoms with Crippen LogP contribution in [0.5, 0.6) is 5.75 Å². The largest absolute Gasteiger partial charge is 0.489 e. The second kappa shape index (κ2) is 6.01. The van der Waals surface area contributed by atoms with Crippen LogP contribution in [0.25, 0.3) is 0 Å². The monoisotopic (exact) mass is 278 g/mol. The molecule has 0 aliphatic heterocycles. The van der Waals surface area contributed by atoms with Crippen molar-refractivity contribution in [3.05, 3.63) is 64.7 Å². The van der Waals surface area contributed by atoms with E-state index >= 15 is 0 Å². The van der Waals surface area contributed by atoms with Crippen molar-refractivity contribution >= 4 is 0 Å². The minimum Gasteiger partial charge on any atom is -0.489 e. The van der Waals surface area contributed by atoms with E-state index in [9.17, 15) is 13.9 Å². The molecule has 2 rings (SSSR count). The summed E-state index contributed by atoms with van der Waals surface area (Å²) in [5.74, 6) is -0.506. The van der Waals surface area contributed by atoms with Gasteiger partial charge in [0.15, 0.2) is 0 Å². The molecule has 0 aromatic heterocycles. The van der Waals surface area contributed by atoms with Crippen LogP contribution in [0.4, 0.5) is 8.78 Å². The minimum absolute atomic E-state index is 0.164. The lowest BCUT2D eigenvalue weighted by atomic mass is 10.1. The number of halogens is 2. The lowest BCUT2D eigenvalue weighted by molar-refractivity contribution is 0.194. The highest BCUT2D eigenvalue weighted by atomic mass is 19.1. The van der Waals surface area contributed by atoms with Gasteiger partial charge in [-0.2, -0.15) is 0 Å². The third-order valence-corrected chi connectivity index (χ3v) is 3.13. The molecule has 2 aromatic rings. The highest BCUT2D eigenvalue weighted by Crippen LogP contribution is 2.23. The van der Waals surface area contributed by atoms with Crippen molar-refractivity contribution in [2.45, 2.75) is 26.6 Å². The molecular weight excluding hydrogens is 262 g/mol. The summed E-state index contributed by atoms with van der Waals surface area (Å²) in [6, 6.07) is 8.74. The fourth-order valence-electron chi connectivity index (χ4n) is 1.89. The summed E-state index contributed by atoms with van der Waals surface area (Å²) in [5.41, 5.74) is 1.84. The molecule has 2 aromatic carbocycles. The first-order valence-corrected chi connectivity index (χ1v) is 6.32. The molecule has 0 saturated heterocycles. The average Bonchev–Trinajstić information content (AvgIpc) is 2.39. The molecule has 0 spiro atoms. The third-order valence-electron chi connectivity index (χ3n) is 3.13. The van der Waals surface area contributed by atoms with E-state index in [0.29, 0.717) is 11.3 Å². The van der Waals surface area contributed by atoms with Gasteiger partial charge in [0.25, 0.3) is 0 Å². The molecule has 1 N–H and O–H groups in total. The fourth-order valence-corrected chi connectivity index (χ4v) is 1.89. The van der Waals surface area contributed by atoms with Gasteiger partial charge in [0.05, 0.1) is 6.10 Å². The Balaban J connectivity index is 2.11. The van der Waals surface area contributed by atoms with Crippen LogP contribution < -0.4 is 4.74 Å². The molecule has 2 nitrogen and oxygen atoms in total. The van der Waals surface area contributed by atoms with Crippen molar-refractivity contribution in [1.29, 1.82) is 0 Å². The molecule has 20 heavy (non-hydrogen) atoms. The Hall–Kier alpha value is -1.94. The summed E-state index contributed by atoms with van der Waals surface area (Å²) >= 11 is 0. The van der Waals surface area contributed by atoms with Crippen molar-refractivity contribution in [2.75, 3.05) is 0 Å². The van der Waals surface area contributed by atoms with Crippen molar-refractivity contribution in [3.63, 3.8) is 0 Å². The van der Waals surface area contributed by atoms with Crippen molar-refractivity contribution < 1.29 is 18.6 Å². The number of benzene rings is 2. The maximum absolute atomic E-state index is 13.7. The first-order chi connectivity index (χ1) is 9.47. The van der Waals surface area contributed by atoms with E-state index in [0.717, 1.165) is 5.56 Å². The van der Waals surface area contributed by atoms with Crippen LogP contribution in [0.1, 0.15) is 29.7 Å². The van der Waals surface area contributed by atoms with Crippen LogP contribution in [0.15, 0.2) is 36.4 Å². The van der Waals surface area contributed by atoms with E-state index in [2.05, 4.69) is 0 Å². The molecule has 106 valence electrons. The Kier molecular flexibility index (Phi) is 4.35. The van der Waals surface area contributed by atoms with Crippen LogP contribution in [-0.4, -0.2) is 5.11 Å². The Labute approximate surface area is 116 Å². The Morgan fingerprint density at radius 2 is 1.90 bits per heavy atom. The highest BCUT2D eigenvalue weighted by molar-refractivity contribution is 5.31. The molecule has 0 aliphatic rings. The Bertz CT molecular complexity index is 609. The van der Waals surface area contributed by atoms with Crippen LogP contribution in [0.2, 0.25) is 0 Å². The van der Waals surface area contributed by atoms with Crippen LogP contribution in [0.3, 0.4) is 0 Å². The van der Waals surface area contributed by atoms with Gasteiger partial charge in [0, 0.05) is 11.6 Å². The summed E-state index contributed by atoms with van der Waals surface area (Å²) in [5, 5.41) is 9.35. The summed E-state index contributed by atoms with van der Waals surface area (Å²) < 4.78 is 32.3. The maximum Gasteiger partial charge on any atom is 0.132 e. The maximum atomic E-state index is 13.7. The number of aryl methyl sites for hydroxylation is 1. The standard InChI is InChI=1S/C16H16F2O2/c1-10-3-4-13(17)7-12(10)9-20-14-5-6-15(11(2)19)16(18)8-14/h3-8,11,19H,9H2,1-2H3. The predicted octanol–water partition coefficient (Wildman–Crippen LogP) is 3.91. The van der Waals surface area contributed by atoms with Crippen LogP contribution >= 0.6 is 0 Å². The second-order valence-electron chi connectivity index (χ2n) is 4.72.